The van der Waals surface area contributed by atoms with Gasteiger partial charge >= 0.3 is 0 Å². The molecular formula is C44H30N4. The van der Waals surface area contributed by atoms with Crippen molar-refractivity contribution in [1.82, 2.24) is 4.57 Å². The molecule has 2 heterocycles. The Morgan fingerprint density at radius 3 is 2.35 bits per heavy atom. The number of aromatic nitrogens is 1. The molecule has 3 aliphatic rings. The Morgan fingerprint density at radius 1 is 0.667 bits per heavy atom. The van der Waals surface area contributed by atoms with Gasteiger partial charge in [0, 0.05) is 39.5 Å². The summed E-state index contributed by atoms with van der Waals surface area (Å²) in [5, 5.41) is 21.0. The van der Waals surface area contributed by atoms with E-state index in [-0.39, 0.29) is 12.0 Å². The molecule has 4 heteroatoms. The lowest BCUT2D eigenvalue weighted by molar-refractivity contribution is 0.745. The van der Waals surface area contributed by atoms with Gasteiger partial charge in [-0.15, -0.1) is 0 Å². The van der Waals surface area contributed by atoms with Crippen LogP contribution in [0.4, 0.5) is 11.4 Å². The quantitative estimate of drug-likeness (QED) is 0.199. The van der Waals surface area contributed by atoms with Gasteiger partial charge in [0.25, 0.3) is 0 Å². The average molecular weight is 615 g/mol. The molecule has 1 aromatic heterocycles. The van der Waals surface area contributed by atoms with E-state index in [1.807, 2.05) is 12.1 Å². The Hall–Kier alpha value is -6.36. The van der Waals surface area contributed by atoms with Gasteiger partial charge < -0.3 is 9.47 Å². The number of hydrogen-bond acceptors (Lipinski definition) is 3. The van der Waals surface area contributed by atoms with Crippen LogP contribution in [0.5, 0.6) is 0 Å². The molecule has 2 aliphatic carbocycles. The summed E-state index contributed by atoms with van der Waals surface area (Å²) in [5.41, 5.74) is 13.8. The Labute approximate surface area is 280 Å². The normalized spacial score (nSPS) is 17.3. The summed E-state index contributed by atoms with van der Waals surface area (Å²) in [7, 11) is 0. The topological polar surface area (TPSA) is 55.8 Å². The van der Waals surface area contributed by atoms with E-state index in [4.69, 9.17) is 0 Å². The molecule has 0 radical (unpaired) electrons. The van der Waals surface area contributed by atoms with E-state index in [1.165, 1.54) is 16.9 Å². The van der Waals surface area contributed by atoms with Crippen LogP contribution in [-0.4, -0.2) is 10.6 Å². The molecule has 6 aromatic rings. The predicted octanol–water partition coefficient (Wildman–Crippen LogP) is 10.4. The van der Waals surface area contributed by atoms with Crippen LogP contribution in [0.15, 0.2) is 146 Å². The van der Waals surface area contributed by atoms with Crippen LogP contribution in [0, 0.1) is 22.7 Å². The molecule has 0 fully saturated rings. The van der Waals surface area contributed by atoms with Crippen LogP contribution in [0.2, 0.25) is 0 Å². The minimum absolute atomic E-state index is 0.138. The number of benzene rings is 5. The summed E-state index contributed by atoms with van der Waals surface area (Å²) >= 11 is 0. The Morgan fingerprint density at radius 2 is 1.46 bits per heavy atom. The summed E-state index contributed by atoms with van der Waals surface area (Å²) in [4.78, 5) is 2.41. The van der Waals surface area contributed by atoms with Crippen LogP contribution in [-0.2, 0) is 6.42 Å². The maximum Gasteiger partial charge on any atom is 0.0995 e. The van der Waals surface area contributed by atoms with Crippen molar-refractivity contribution in [3.8, 4) is 40.1 Å². The molecule has 0 saturated heterocycles. The summed E-state index contributed by atoms with van der Waals surface area (Å²) in [6.45, 7) is 0. The fourth-order valence-electron chi connectivity index (χ4n) is 7.99. The van der Waals surface area contributed by atoms with Crippen molar-refractivity contribution in [3.05, 3.63) is 168 Å². The SMILES string of the molecule is N#CC1=CCCc2c1c1ccccc1n2-c1cccc(-c2cccc(-c3ccc(C#N)cc3N3c4ccccc4C4C=CC=CC43)c2)c1. The van der Waals surface area contributed by atoms with Gasteiger partial charge in [0.15, 0.2) is 0 Å². The molecular weight excluding hydrogens is 585 g/mol. The zero-order valence-electron chi connectivity index (χ0n) is 26.2. The van der Waals surface area contributed by atoms with Crippen LogP contribution in [0.1, 0.15) is 34.7 Å². The number of nitrogens with zero attached hydrogens (tertiary/aromatic N) is 4. The summed E-state index contributed by atoms with van der Waals surface area (Å²) in [5.74, 6) is 0.258. The van der Waals surface area contributed by atoms with E-state index >= 15 is 0 Å². The van der Waals surface area contributed by atoms with Crippen molar-refractivity contribution in [2.24, 2.45) is 0 Å². The number of allylic oxidation sites excluding steroid dienone is 4. The van der Waals surface area contributed by atoms with Crippen LogP contribution >= 0.6 is 0 Å². The molecule has 0 saturated carbocycles. The summed E-state index contributed by atoms with van der Waals surface area (Å²) in [6.07, 6.45) is 12.6. The molecule has 48 heavy (non-hydrogen) atoms. The van der Waals surface area contributed by atoms with Crippen LogP contribution in [0.3, 0.4) is 0 Å². The van der Waals surface area contributed by atoms with Gasteiger partial charge in [-0.05, 0) is 77.6 Å². The molecule has 0 bridgehead atoms. The number of fused-ring (bicyclic) bond motifs is 6. The first-order chi connectivity index (χ1) is 23.7. The Bertz CT molecular complexity index is 2460. The monoisotopic (exact) mass is 614 g/mol. The van der Waals surface area contributed by atoms with Crippen LogP contribution in [0.25, 0.3) is 44.4 Å². The molecule has 2 unspecified atom stereocenters. The van der Waals surface area contributed by atoms with Crippen molar-refractivity contribution in [2.45, 2.75) is 24.8 Å². The zero-order valence-corrected chi connectivity index (χ0v) is 26.2. The van der Waals surface area contributed by atoms with Crippen molar-refractivity contribution >= 4 is 27.9 Å². The summed E-state index contributed by atoms with van der Waals surface area (Å²) < 4.78 is 2.34. The standard InChI is InChI=1S/C44H30N4/c45-27-29-22-23-35(43(24-29)48-39-18-4-1-15-36(39)37-16-2-5-19-40(37)48)32-12-7-10-30(25-32)31-11-8-14-34(26-31)47-41-20-6-3-17-38(41)44-33(28-46)13-9-21-42(44)47/h1-8,10-20,22-26,36,39H,9,21H2. The maximum absolute atomic E-state index is 9.96. The Kier molecular flexibility index (Phi) is 6.49. The highest BCUT2D eigenvalue weighted by molar-refractivity contribution is 6.00. The largest absolute Gasteiger partial charge is 0.333 e. The third-order valence-corrected chi connectivity index (χ3v) is 10.0. The smallest absolute Gasteiger partial charge is 0.0995 e. The van der Waals surface area contributed by atoms with Crippen molar-refractivity contribution in [3.63, 3.8) is 0 Å². The maximum atomic E-state index is 9.96. The van der Waals surface area contributed by atoms with Gasteiger partial charge in [0.05, 0.1) is 40.5 Å². The third kappa shape index (κ3) is 4.28. The lowest BCUT2D eigenvalue weighted by Gasteiger charge is -2.30. The second-order valence-electron chi connectivity index (χ2n) is 12.6. The molecule has 9 rings (SSSR count). The lowest BCUT2D eigenvalue weighted by atomic mass is 9.91. The second kappa shape index (κ2) is 11.2. The molecule has 0 spiro atoms. The highest BCUT2D eigenvalue weighted by Gasteiger charge is 2.38. The highest BCUT2D eigenvalue weighted by atomic mass is 15.2. The fourth-order valence-corrected chi connectivity index (χ4v) is 7.99. The Balaban J connectivity index is 1.17. The first-order valence-corrected chi connectivity index (χ1v) is 16.4. The zero-order chi connectivity index (χ0) is 32.2. The van der Waals surface area contributed by atoms with Crippen molar-refractivity contribution in [1.29, 1.82) is 10.5 Å². The van der Waals surface area contributed by atoms with E-state index in [9.17, 15) is 10.5 Å². The van der Waals surface area contributed by atoms with Gasteiger partial charge in [-0.1, -0.05) is 103 Å². The van der Waals surface area contributed by atoms with Crippen molar-refractivity contribution < 1.29 is 0 Å². The molecule has 5 aromatic carbocycles. The van der Waals surface area contributed by atoms with Gasteiger partial charge in [0.1, 0.15) is 0 Å². The van der Waals surface area contributed by atoms with Gasteiger partial charge in [0.2, 0.25) is 0 Å². The molecule has 2 atom stereocenters. The summed E-state index contributed by atoms with van der Waals surface area (Å²) in [6, 6.07) is 45.5. The average Bonchev–Trinajstić information content (AvgIpc) is 3.68. The van der Waals surface area contributed by atoms with E-state index < -0.39 is 0 Å². The minimum Gasteiger partial charge on any atom is -0.333 e. The number of anilines is 2. The van der Waals surface area contributed by atoms with Gasteiger partial charge in [-0.3, -0.25) is 0 Å². The second-order valence-corrected chi connectivity index (χ2v) is 12.6. The van der Waals surface area contributed by atoms with Crippen molar-refractivity contribution in [2.75, 3.05) is 4.90 Å². The lowest BCUT2D eigenvalue weighted by Crippen LogP contribution is -2.29. The van der Waals surface area contributed by atoms with E-state index in [2.05, 4.69) is 155 Å². The molecule has 1 aliphatic heterocycles. The number of nitriles is 2. The third-order valence-electron chi connectivity index (χ3n) is 10.0. The van der Waals surface area contributed by atoms with E-state index in [0.29, 0.717) is 5.56 Å². The highest BCUT2D eigenvalue weighted by Crippen LogP contribution is 2.50. The van der Waals surface area contributed by atoms with Gasteiger partial charge in [-0.2, -0.15) is 10.5 Å². The van der Waals surface area contributed by atoms with E-state index in [1.54, 1.807) is 0 Å². The number of rotatable bonds is 4. The van der Waals surface area contributed by atoms with Gasteiger partial charge in [-0.25, -0.2) is 0 Å². The molecule has 226 valence electrons. The predicted molar refractivity (Wildman–Crippen MR) is 194 cm³/mol. The molecule has 0 N–H and O–H groups in total. The first-order valence-electron chi connectivity index (χ1n) is 16.4. The molecule has 0 amide bonds. The van der Waals surface area contributed by atoms with Crippen LogP contribution < -0.4 is 4.90 Å². The number of para-hydroxylation sites is 2. The van der Waals surface area contributed by atoms with E-state index in [0.717, 1.165) is 68.5 Å². The minimum atomic E-state index is 0.138. The molecule has 4 nitrogen and oxygen atoms in total. The fraction of sp³-hybridized carbons (Fsp3) is 0.0909. The first kappa shape index (κ1) is 27.9. The number of hydrogen-bond donors (Lipinski definition) is 0.